The summed E-state index contributed by atoms with van der Waals surface area (Å²) in [6.07, 6.45) is 3.28. The molecule has 0 N–H and O–H groups in total. The molecule has 0 saturated carbocycles. The minimum Gasteiger partial charge on any atom is -0.489 e. The van der Waals surface area contributed by atoms with Crippen LogP contribution in [0, 0.1) is 5.82 Å². The average Bonchev–Trinajstić information content (AvgIpc) is 3.12. The Hall–Kier alpha value is -3.15. The van der Waals surface area contributed by atoms with E-state index in [2.05, 4.69) is 5.10 Å². The van der Waals surface area contributed by atoms with Gasteiger partial charge in [0.2, 0.25) is 0 Å². The van der Waals surface area contributed by atoms with Crippen LogP contribution in [0.1, 0.15) is 15.9 Å². The number of halogens is 1. The summed E-state index contributed by atoms with van der Waals surface area (Å²) < 4.78 is 20.6. The number of carbonyl (C=O) groups excluding carboxylic acids is 1. The molecule has 1 aromatic heterocycles. The normalized spacial score (nSPS) is 10.5. The van der Waals surface area contributed by atoms with Crippen molar-refractivity contribution in [2.45, 2.75) is 6.54 Å². The van der Waals surface area contributed by atoms with Crippen LogP contribution in [-0.2, 0) is 6.54 Å². The van der Waals surface area contributed by atoms with Gasteiger partial charge in [0.15, 0.2) is 11.6 Å². The molecule has 2 aromatic carbocycles. The van der Waals surface area contributed by atoms with Crippen molar-refractivity contribution in [1.29, 1.82) is 0 Å². The van der Waals surface area contributed by atoms with E-state index in [9.17, 15) is 9.18 Å². The standard InChI is InChI=1S/C20H20FN3O2/c1-23(11-12-26-19-10-6-5-9-18(19)21)20(25)17-13-22-24(15-17)14-16-7-3-2-4-8-16/h2-10,13,15H,11-12,14H2,1H3. The molecule has 0 bridgehead atoms. The fraction of sp³-hybridized carbons (Fsp3) is 0.200. The summed E-state index contributed by atoms with van der Waals surface area (Å²) in [6, 6.07) is 16.1. The first kappa shape index (κ1) is 17.7. The molecule has 0 saturated heterocycles. The minimum atomic E-state index is -0.413. The second-order valence-corrected chi connectivity index (χ2v) is 5.92. The number of nitrogens with zero attached hydrogens (tertiary/aromatic N) is 3. The van der Waals surface area contributed by atoms with Gasteiger partial charge in [0.05, 0.1) is 24.8 Å². The number of para-hydroxylation sites is 1. The second-order valence-electron chi connectivity index (χ2n) is 5.92. The quantitative estimate of drug-likeness (QED) is 0.655. The number of hydrogen-bond donors (Lipinski definition) is 0. The highest BCUT2D eigenvalue weighted by Gasteiger charge is 2.14. The predicted molar refractivity (Wildman–Crippen MR) is 96.6 cm³/mol. The van der Waals surface area contributed by atoms with Crippen LogP contribution in [0.25, 0.3) is 0 Å². The van der Waals surface area contributed by atoms with Gasteiger partial charge >= 0.3 is 0 Å². The number of amides is 1. The molecule has 26 heavy (non-hydrogen) atoms. The smallest absolute Gasteiger partial charge is 0.256 e. The molecule has 0 spiro atoms. The van der Waals surface area contributed by atoms with E-state index in [1.165, 1.54) is 11.0 Å². The molecule has 3 aromatic rings. The van der Waals surface area contributed by atoms with E-state index < -0.39 is 5.82 Å². The van der Waals surface area contributed by atoms with Crippen LogP contribution < -0.4 is 4.74 Å². The Balaban J connectivity index is 1.53. The minimum absolute atomic E-state index is 0.151. The van der Waals surface area contributed by atoms with Crippen molar-refractivity contribution < 1.29 is 13.9 Å². The Morgan fingerprint density at radius 2 is 1.88 bits per heavy atom. The van der Waals surface area contributed by atoms with Crippen molar-refractivity contribution in [3.8, 4) is 5.75 Å². The third-order valence-electron chi connectivity index (χ3n) is 3.94. The lowest BCUT2D eigenvalue weighted by Gasteiger charge is -2.16. The number of benzene rings is 2. The van der Waals surface area contributed by atoms with Crippen LogP contribution in [0.2, 0.25) is 0 Å². The molecule has 1 amide bonds. The van der Waals surface area contributed by atoms with Crippen molar-refractivity contribution in [3.05, 3.63) is 83.9 Å². The summed E-state index contributed by atoms with van der Waals surface area (Å²) >= 11 is 0. The van der Waals surface area contributed by atoms with E-state index in [1.807, 2.05) is 30.3 Å². The molecule has 0 unspecified atom stereocenters. The number of aromatic nitrogens is 2. The van der Waals surface area contributed by atoms with Gasteiger partial charge in [-0.05, 0) is 17.7 Å². The van der Waals surface area contributed by atoms with Crippen LogP contribution in [0.15, 0.2) is 67.0 Å². The molecule has 134 valence electrons. The van der Waals surface area contributed by atoms with Gasteiger partial charge in [0, 0.05) is 13.2 Å². The van der Waals surface area contributed by atoms with Crippen molar-refractivity contribution in [2.24, 2.45) is 0 Å². The van der Waals surface area contributed by atoms with Gasteiger partial charge in [-0.25, -0.2) is 4.39 Å². The van der Waals surface area contributed by atoms with E-state index in [4.69, 9.17) is 4.74 Å². The topological polar surface area (TPSA) is 47.4 Å². The lowest BCUT2D eigenvalue weighted by molar-refractivity contribution is 0.0773. The third kappa shape index (κ3) is 4.47. The summed E-state index contributed by atoms with van der Waals surface area (Å²) in [5.41, 5.74) is 1.62. The summed E-state index contributed by atoms with van der Waals surface area (Å²) in [5, 5.41) is 4.24. The number of hydrogen-bond acceptors (Lipinski definition) is 3. The van der Waals surface area contributed by atoms with Gasteiger partial charge in [0.25, 0.3) is 5.91 Å². The highest BCUT2D eigenvalue weighted by molar-refractivity contribution is 5.93. The molecular weight excluding hydrogens is 333 g/mol. The molecule has 1 heterocycles. The monoisotopic (exact) mass is 353 g/mol. The highest BCUT2D eigenvalue weighted by atomic mass is 19.1. The average molecular weight is 353 g/mol. The largest absolute Gasteiger partial charge is 0.489 e. The summed E-state index contributed by atoms with van der Waals surface area (Å²) in [5.74, 6) is -0.380. The first-order valence-corrected chi connectivity index (χ1v) is 8.32. The van der Waals surface area contributed by atoms with Gasteiger partial charge in [0.1, 0.15) is 6.61 Å². The zero-order chi connectivity index (χ0) is 18.4. The van der Waals surface area contributed by atoms with E-state index in [0.717, 1.165) is 5.56 Å². The lowest BCUT2D eigenvalue weighted by atomic mass is 10.2. The molecule has 3 rings (SSSR count). The fourth-order valence-electron chi connectivity index (χ4n) is 2.51. The van der Waals surface area contributed by atoms with Crippen molar-refractivity contribution in [2.75, 3.05) is 20.2 Å². The lowest BCUT2D eigenvalue weighted by Crippen LogP contribution is -2.30. The molecule has 0 radical (unpaired) electrons. The van der Waals surface area contributed by atoms with E-state index >= 15 is 0 Å². The van der Waals surface area contributed by atoms with Crippen LogP contribution in [0.4, 0.5) is 4.39 Å². The first-order chi connectivity index (χ1) is 12.6. The van der Waals surface area contributed by atoms with Crippen LogP contribution in [0.3, 0.4) is 0 Å². The van der Waals surface area contributed by atoms with Gasteiger partial charge < -0.3 is 9.64 Å². The number of ether oxygens (including phenoxy) is 1. The maximum absolute atomic E-state index is 13.5. The Kier molecular flexibility index (Phi) is 5.63. The Morgan fingerprint density at radius 3 is 2.65 bits per heavy atom. The third-order valence-corrected chi connectivity index (χ3v) is 3.94. The molecule has 0 aliphatic rings. The molecule has 0 aliphatic carbocycles. The molecule has 0 aliphatic heterocycles. The number of carbonyl (C=O) groups is 1. The molecular formula is C20H20FN3O2. The Morgan fingerprint density at radius 1 is 1.15 bits per heavy atom. The van der Waals surface area contributed by atoms with Gasteiger partial charge in [-0.15, -0.1) is 0 Å². The van der Waals surface area contributed by atoms with Crippen LogP contribution >= 0.6 is 0 Å². The Bertz CT molecular complexity index is 864. The fourth-order valence-corrected chi connectivity index (χ4v) is 2.51. The SMILES string of the molecule is CN(CCOc1ccccc1F)C(=O)c1cnn(Cc2ccccc2)c1. The molecule has 0 fully saturated rings. The first-order valence-electron chi connectivity index (χ1n) is 8.32. The predicted octanol–water partition coefficient (Wildman–Crippen LogP) is 3.22. The van der Waals surface area contributed by atoms with E-state index in [1.54, 1.807) is 42.3 Å². The van der Waals surface area contributed by atoms with E-state index in [0.29, 0.717) is 18.7 Å². The van der Waals surface area contributed by atoms with Crippen molar-refractivity contribution in [3.63, 3.8) is 0 Å². The summed E-state index contributed by atoms with van der Waals surface area (Å²) in [4.78, 5) is 14.0. The number of likely N-dealkylation sites (N-methyl/N-ethyl adjacent to an activating group) is 1. The molecule has 0 atom stereocenters. The maximum Gasteiger partial charge on any atom is 0.256 e. The van der Waals surface area contributed by atoms with Crippen LogP contribution in [0.5, 0.6) is 5.75 Å². The van der Waals surface area contributed by atoms with Crippen LogP contribution in [-0.4, -0.2) is 40.8 Å². The zero-order valence-corrected chi connectivity index (χ0v) is 14.5. The van der Waals surface area contributed by atoms with Gasteiger partial charge in [-0.3, -0.25) is 9.48 Å². The summed E-state index contributed by atoms with van der Waals surface area (Å²) in [7, 11) is 1.68. The molecule has 6 heteroatoms. The van der Waals surface area contributed by atoms with Gasteiger partial charge in [-0.2, -0.15) is 5.10 Å². The number of rotatable bonds is 7. The molecule has 5 nitrogen and oxygen atoms in total. The van der Waals surface area contributed by atoms with Crippen molar-refractivity contribution >= 4 is 5.91 Å². The maximum atomic E-state index is 13.5. The zero-order valence-electron chi connectivity index (χ0n) is 14.5. The van der Waals surface area contributed by atoms with Crippen molar-refractivity contribution in [1.82, 2.24) is 14.7 Å². The van der Waals surface area contributed by atoms with E-state index in [-0.39, 0.29) is 18.3 Å². The highest BCUT2D eigenvalue weighted by Crippen LogP contribution is 2.15. The summed E-state index contributed by atoms with van der Waals surface area (Å²) in [6.45, 7) is 1.16. The second kappa shape index (κ2) is 8.29. The van der Waals surface area contributed by atoms with Gasteiger partial charge in [-0.1, -0.05) is 42.5 Å². The Labute approximate surface area is 151 Å².